The van der Waals surface area contributed by atoms with Crippen molar-refractivity contribution in [3.63, 3.8) is 0 Å². The normalized spacial score (nSPS) is 17.8. The van der Waals surface area contributed by atoms with Crippen molar-refractivity contribution in [1.82, 2.24) is 15.2 Å². The van der Waals surface area contributed by atoms with E-state index >= 15 is 0 Å². The van der Waals surface area contributed by atoms with Gasteiger partial charge in [-0.1, -0.05) is 0 Å². The number of carbonyl (C=O) groups is 1. The summed E-state index contributed by atoms with van der Waals surface area (Å²) in [6.07, 6.45) is 4.38. The minimum absolute atomic E-state index is 0.211. The maximum Gasteiger partial charge on any atom is 0.410 e. The molecule has 0 saturated carbocycles. The number of hydrogen-bond donors (Lipinski definition) is 1. The minimum Gasteiger partial charge on any atom is -0.444 e. The number of nitrogens with one attached hydrogen (secondary N) is 1. The third kappa shape index (κ3) is 6.03. The number of methoxy groups -OCH3 is 1. The number of thiazole rings is 1. The van der Waals surface area contributed by atoms with Crippen LogP contribution in [0.1, 0.15) is 51.1 Å². The lowest BCUT2D eigenvalue weighted by Crippen LogP contribution is -2.47. The Morgan fingerprint density at radius 3 is 2.71 bits per heavy atom. The molecule has 0 spiro atoms. The first kappa shape index (κ1) is 19.1. The summed E-state index contributed by atoms with van der Waals surface area (Å²) < 4.78 is 10.7. The minimum atomic E-state index is -0.442. The lowest BCUT2D eigenvalue weighted by atomic mass is 10.0. The van der Waals surface area contributed by atoms with Gasteiger partial charge in [0.1, 0.15) is 10.6 Å². The number of rotatable bonds is 6. The van der Waals surface area contributed by atoms with Crippen molar-refractivity contribution in [2.24, 2.45) is 0 Å². The first-order valence-corrected chi connectivity index (χ1v) is 9.39. The highest BCUT2D eigenvalue weighted by atomic mass is 32.1. The summed E-state index contributed by atoms with van der Waals surface area (Å²) in [6, 6.07) is 0.595. The zero-order valence-electron chi connectivity index (χ0n) is 15.1. The van der Waals surface area contributed by atoms with Crippen LogP contribution in [0.4, 0.5) is 4.79 Å². The molecular formula is C17H29N3O3S. The van der Waals surface area contributed by atoms with Crippen molar-refractivity contribution in [3.8, 4) is 0 Å². The van der Waals surface area contributed by atoms with Gasteiger partial charge in [-0.25, -0.2) is 9.78 Å². The summed E-state index contributed by atoms with van der Waals surface area (Å²) in [6.45, 7) is 7.84. The largest absolute Gasteiger partial charge is 0.444 e. The predicted octanol–water partition coefficient (Wildman–Crippen LogP) is 3.21. The van der Waals surface area contributed by atoms with Gasteiger partial charge in [-0.15, -0.1) is 11.3 Å². The van der Waals surface area contributed by atoms with Gasteiger partial charge in [0.2, 0.25) is 0 Å². The smallest absolute Gasteiger partial charge is 0.410 e. The molecule has 1 N–H and O–H groups in total. The molecule has 2 rings (SSSR count). The molecule has 0 radical (unpaired) electrons. The lowest BCUT2D eigenvalue weighted by molar-refractivity contribution is 0.0194. The van der Waals surface area contributed by atoms with Crippen LogP contribution in [0.15, 0.2) is 11.6 Å². The average molecular weight is 356 g/mol. The molecule has 1 aromatic rings. The molecule has 1 aliphatic rings. The zero-order chi connectivity index (χ0) is 17.6. The molecular weight excluding hydrogens is 326 g/mol. The number of carbonyl (C=O) groups excluding carboxylic acids is 1. The molecule has 136 valence electrons. The van der Waals surface area contributed by atoms with E-state index in [1.54, 1.807) is 23.3 Å². The number of piperidine rings is 1. The fourth-order valence-corrected chi connectivity index (χ4v) is 3.49. The Morgan fingerprint density at radius 1 is 1.46 bits per heavy atom. The van der Waals surface area contributed by atoms with E-state index in [0.29, 0.717) is 12.6 Å². The molecule has 24 heavy (non-hydrogen) atoms. The van der Waals surface area contributed by atoms with Crippen molar-refractivity contribution in [2.45, 2.75) is 57.7 Å². The molecule has 1 saturated heterocycles. The fraction of sp³-hybridized carbons (Fsp3) is 0.765. The molecule has 0 bridgehead atoms. The molecule has 1 unspecified atom stereocenters. The summed E-state index contributed by atoms with van der Waals surface area (Å²) >= 11 is 1.67. The molecule has 1 aromatic heterocycles. The van der Waals surface area contributed by atoms with Crippen molar-refractivity contribution in [3.05, 3.63) is 16.6 Å². The van der Waals surface area contributed by atoms with E-state index in [9.17, 15) is 4.79 Å². The summed E-state index contributed by atoms with van der Waals surface area (Å²) in [5.74, 6) is 0. The van der Waals surface area contributed by atoms with Gasteiger partial charge in [0.25, 0.3) is 0 Å². The summed E-state index contributed by atoms with van der Waals surface area (Å²) in [5.41, 5.74) is -0.442. The summed E-state index contributed by atoms with van der Waals surface area (Å²) in [7, 11) is 1.72. The van der Waals surface area contributed by atoms with Crippen LogP contribution in [-0.2, 0) is 9.47 Å². The Labute approximate surface area is 148 Å². The number of ether oxygens (including phenoxy) is 2. The standard InChI is InChI=1S/C17H29N3O3S/c1-17(2,3)23-16(21)20-9-5-13(6-10-20)19-14(7-11-22-4)15-18-8-12-24-15/h8,12-14,19H,5-7,9-11H2,1-4H3. The van der Waals surface area contributed by atoms with Crippen LogP contribution in [-0.4, -0.2) is 54.4 Å². The number of hydrogen-bond acceptors (Lipinski definition) is 6. The van der Waals surface area contributed by atoms with Crippen LogP contribution in [0, 0.1) is 0 Å². The van der Waals surface area contributed by atoms with Gasteiger partial charge in [-0.05, 0) is 40.0 Å². The molecule has 6 nitrogen and oxygen atoms in total. The van der Waals surface area contributed by atoms with Crippen LogP contribution in [0.2, 0.25) is 0 Å². The number of aromatic nitrogens is 1. The van der Waals surface area contributed by atoms with Crippen molar-refractivity contribution in [1.29, 1.82) is 0 Å². The Hall–Kier alpha value is -1.18. The maximum atomic E-state index is 12.1. The third-order valence-corrected chi connectivity index (χ3v) is 4.83. The van der Waals surface area contributed by atoms with E-state index in [2.05, 4.69) is 10.3 Å². The number of likely N-dealkylation sites (tertiary alicyclic amines) is 1. The number of amides is 1. The second kappa shape index (κ2) is 8.78. The summed E-state index contributed by atoms with van der Waals surface area (Å²) in [5, 5.41) is 6.79. The average Bonchev–Trinajstić information content (AvgIpc) is 3.04. The molecule has 0 aliphatic carbocycles. The van der Waals surface area contributed by atoms with Crippen molar-refractivity contribution < 1.29 is 14.3 Å². The highest BCUT2D eigenvalue weighted by Gasteiger charge is 2.28. The lowest BCUT2D eigenvalue weighted by Gasteiger charge is -2.35. The molecule has 2 heterocycles. The van der Waals surface area contributed by atoms with Gasteiger partial charge in [-0.2, -0.15) is 0 Å². The van der Waals surface area contributed by atoms with E-state index in [0.717, 1.165) is 37.4 Å². The first-order chi connectivity index (χ1) is 11.4. The van der Waals surface area contributed by atoms with Gasteiger partial charge in [0.05, 0.1) is 6.04 Å². The first-order valence-electron chi connectivity index (χ1n) is 8.51. The predicted molar refractivity (Wildman–Crippen MR) is 95.3 cm³/mol. The van der Waals surface area contributed by atoms with E-state index in [1.165, 1.54) is 0 Å². The molecule has 1 fully saturated rings. The quantitative estimate of drug-likeness (QED) is 0.849. The Kier molecular flexibility index (Phi) is 7.01. The third-order valence-electron chi connectivity index (χ3n) is 3.94. The van der Waals surface area contributed by atoms with Crippen LogP contribution < -0.4 is 5.32 Å². The molecule has 7 heteroatoms. The topological polar surface area (TPSA) is 63.7 Å². The van der Waals surface area contributed by atoms with Gasteiger partial charge >= 0.3 is 6.09 Å². The van der Waals surface area contributed by atoms with Crippen molar-refractivity contribution >= 4 is 17.4 Å². The van der Waals surface area contributed by atoms with E-state index < -0.39 is 5.60 Å². The zero-order valence-corrected chi connectivity index (χ0v) is 15.9. The Morgan fingerprint density at radius 2 is 2.17 bits per heavy atom. The van der Waals surface area contributed by atoms with Crippen LogP contribution in [0.5, 0.6) is 0 Å². The van der Waals surface area contributed by atoms with E-state index in [-0.39, 0.29) is 12.1 Å². The van der Waals surface area contributed by atoms with Gasteiger partial charge in [0.15, 0.2) is 0 Å². The van der Waals surface area contributed by atoms with E-state index in [1.807, 2.05) is 32.3 Å². The molecule has 0 aromatic carbocycles. The van der Waals surface area contributed by atoms with Gasteiger partial charge in [0, 0.05) is 44.4 Å². The second-order valence-corrected chi connectivity index (χ2v) is 8.04. The van der Waals surface area contributed by atoms with Gasteiger partial charge < -0.3 is 19.7 Å². The second-order valence-electron chi connectivity index (χ2n) is 7.11. The monoisotopic (exact) mass is 355 g/mol. The Balaban J connectivity index is 1.83. The Bertz CT molecular complexity index is 494. The molecule has 1 aliphatic heterocycles. The van der Waals surface area contributed by atoms with Crippen molar-refractivity contribution in [2.75, 3.05) is 26.8 Å². The fourth-order valence-electron chi connectivity index (χ4n) is 2.76. The maximum absolute atomic E-state index is 12.1. The van der Waals surface area contributed by atoms with Gasteiger partial charge in [-0.3, -0.25) is 0 Å². The van der Waals surface area contributed by atoms with Crippen LogP contribution in [0.25, 0.3) is 0 Å². The highest BCUT2D eigenvalue weighted by molar-refractivity contribution is 7.09. The highest BCUT2D eigenvalue weighted by Crippen LogP contribution is 2.23. The SMILES string of the molecule is COCCC(NC1CCN(C(=O)OC(C)(C)C)CC1)c1nccs1. The van der Waals surface area contributed by atoms with Crippen LogP contribution in [0.3, 0.4) is 0 Å². The van der Waals surface area contributed by atoms with Crippen LogP contribution >= 0.6 is 11.3 Å². The molecule has 1 amide bonds. The summed E-state index contributed by atoms with van der Waals surface area (Å²) in [4.78, 5) is 18.4. The molecule has 1 atom stereocenters. The van der Waals surface area contributed by atoms with E-state index in [4.69, 9.17) is 9.47 Å². The number of nitrogens with zero attached hydrogens (tertiary/aromatic N) is 2.